The first-order chi connectivity index (χ1) is 22.1. The number of esters is 1. The fraction of sp³-hybridized carbons (Fsp3) is 0.556. The first-order valence-corrected chi connectivity index (χ1v) is 16.6. The van der Waals surface area contributed by atoms with Crippen LogP contribution in [-0.4, -0.2) is 73.1 Å². The van der Waals surface area contributed by atoms with Gasteiger partial charge in [-0.1, -0.05) is 60.7 Å². The van der Waals surface area contributed by atoms with Crippen molar-refractivity contribution in [2.75, 3.05) is 32.7 Å². The van der Waals surface area contributed by atoms with E-state index in [9.17, 15) is 19.2 Å². The van der Waals surface area contributed by atoms with Crippen molar-refractivity contribution in [3.8, 4) is 0 Å². The predicted octanol–water partition coefficient (Wildman–Crippen LogP) is 4.54. The molecule has 2 aromatic rings. The molecule has 4 rings (SSSR count). The molecule has 0 aliphatic carbocycles. The minimum absolute atomic E-state index is 0.0730. The van der Waals surface area contributed by atoms with Crippen molar-refractivity contribution in [3.63, 3.8) is 0 Å². The molecule has 0 saturated carbocycles. The Morgan fingerprint density at radius 2 is 1.59 bits per heavy atom. The monoisotopic (exact) mass is 634 g/mol. The van der Waals surface area contributed by atoms with Gasteiger partial charge in [0, 0.05) is 38.5 Å². The van der Waals surface area contributed by atoms with Crippen LogP contribution >= 0.6 is 0 Å². The van der Waals surface area contributed by atoms with Gasteiger partial charge in [-0.3, -0.25) is 14.4 Å². The third kappa shape index (κ3) is 11.2. The van der Waals surface area contributed by atoms with Crippen molar-refractivity contribution < 1.29 is 28.7 Å². The summed E-state index contributed by atoms with van der Waals surface area (Å²) >= 11 is 0. The van der Waals surface area contributed by atoms with Crippen LogP contribution < -0.4 is 16.0 Å². The fourth-order valence-corrected chi connectivity index (χ4v) is 6.15. The van der Waals surface area contributed by atoms with Crippen LogP contribution in [-0.2, 0) is 30.5 Å². The van der Waals surface area contributed by atoms with E-state index < -0.39 is 29.6 Å². The average Bonchev–Trinajstić information content (AvgIpc) is 3.54. The molecular formula is C36H50N4O6. The Hall–Kier alpha value is -3.92. The number of rotatable bonds is 13. The molecule has 2 unspecified atom stereocenters. The highest BCUT2D eigenvalue weighted by atomic mass is 16.6. The van der Waals surface area contributed by atoms with Gasteiger partial charge in [-0.25, -0.2) is 4.79 Å². The smallest absolute Gasteiger partial charge is 0.407 e. The third-order valence-electron chi connectivity index (χ3n) is 8.49. The van der Waals surface area contributed by atoms with Gasteiger partial charge in [0.25, 0.3) is 0 Å². The van der Waals surface area contributed by atoms with Crippen molar-refractivity contribution in [3.05, 3.63) is 71.8 Å². The maximum atomic E-state index is 13.7. The van der Waals surface area contributed by atoms with Gasteiger partial charge in [0.05, 0.1) is 5.92 Å². The van der Waals surface area contributed by atoms with E-state index in [1.165, 1.54) is 5.56 Å². The van der Waals surface area contributed by atoms with E-state index in [0.717, 1.165) is 31.2 Å². The van der Waals surface area contributed by atoms with Crippen LogP contribution in [0.25, 0.3) is 0 Å². The molecule has 0 radical (unpaired) electrons. The molecule has 0 bridgehead atoms. The lowest BCUT2D eigenvalue weighted by Gasteiger charge is -2.37. The van der Waals surface area contributed by atoms with Gasteiger partial charge < -0.3 is 30.3 Å². The molecule has 250 valence electrons. The van der Waals surface area contributed by atoms with Crippen LogP contribution in [0.5, 0.6) is 0 Å². The molecular weight excluding hydrogens is 584 g/mol. The lowest BCUT2D eigenvalue weighted by Crippen LogP contribution is -2.57. The number of nitrogens with zero attached hydrogens (tertiary/aromatic N) is 1. The Morgan fingerprint density at radius 3 is 2.28 bits per heavy atom. The van der Waals surface area contributed by atoms with Gasteiger partial charge in [-0.2, -0.15) is 0 Å². The molecule has 2 aliphatic heterocycles. The Bertz CT molecular complexity index is 1280. The zero-order chi connectivity index (χ0) is 32.9. The summed E-state index contributed by atoms with van der Waals surface area (Å²) in [5.74, 6) is -1.03. The highest BCUT2D eigenvalue weighted by Gasteiger charge is 2.44. The summed E-state index contributed by atoms with van der Waals surface area (Å²) in [6.45, 7) is 8.49. The summed E-state index contributed by atoms with van der Waals surface area (Å²) in [5.41, 5.74) is 1.48. The van der Waals surface area contributed by atoms with Crippen LogP contribution in [0.1, 0.15) is 76.3 Å². The zero-order valence-corrected chi connectivity index (χ0v) is 27.5. The Morgan fingerprint density at radius 1 is 0.913 bits per heavy atom. The topological polar surface area (TPSA) is 126 Å². The number of alkyl carbamates (subject to hydrolysis) is 1. The third-order valence-corrected chi connectivity index (χ3v) is 8.49. The molecule has 2 fully saturated rings. The van der Waals surface area contributed by atoms with Gasteiger partial charge in [0.2, 0.25) is 11.8 Å². The fourth-order valence-electron chi connectivity index (χ4n) is 6.15. The van der Waals surface area contributed by atoms with Crippen LogP contribution in [0.15, 0.2) is 60.7 Å². The minimum atomic E-state index is -0.682. The lowest BCUT2D eigenvalue weighted by atomic mass is 9.82. The maximum Gasteiger partial charge on any atom is 0.407 e. The number of ether oxygens (including phenoxy) is 2. The molecule has 3 N–H and O–H groups in total. The van der Waals surface area contributed by atoms with Crippen LogP contribution in [0, 0.1) is 11.8 Å². The lowest BCUT2D eigenvalue weighted by molar-refractivity contribution is -0.165. The van der Waals surface area contributed by atoms with Gasteiger partial charge in [-0.15, -0.1) is 0 Å². The number of amides is 3. The van der Waals surface area contributed by atoms with Crippen molar-refractivity contribution in [1.82, 2.24) is 20.9 Å². The van der Waals surface area contributed by atoms with Gasteiger partial charge >= 0.3 is 12.1 Å². The molecule has 2 heterocycles. The quantitative estimate of drug-likeness (QED) is 0.218. The predicted molar refractivity (Wildman–Crippen MR) is 176 cm³/mol. The van der Waals surface area contributed by atoms with E-state index in [4.69, 9.17) is 9.47 Å². The Kier molecular flexibility index (Phi) is 13.0. The number of hydrogen-bond donors (Lipinski definition) is 3. The highest BCUT2D eigenvalue weighted by Crippen LogP contribution is 2.31. The van der Waals surface area contributed by atoms with Gasteiger partial charge in [-0.05, 0) is 76.5 Å². The van der Waals surface area contributed by atoms with Crippen LogP contribution in [0.4, 0.5) is 4.79 Å². The largest absolute Gasteiger partial charge is 0.460 e. The molecule has 10 heteroatoms. The number of carbonyl (C=O) groups excluding carboxylic acids is 4. The summed E-state index contributed by atoms with van der Waals surface area (Å²) in [7, 11) is 0. The molecule has 2 saturated heterocycles. The van der Waals surface area contributed by atoms with Crippen molar-refractivity contribution >= 4 is 23.9 Å². The number of nitrogens with one attached hydrogen (secondary N) is 3. The molecule has 2 aliphatic rings. The number of unbranched alkanes of at least 4 members (excludes halogenated alkanes) is 2. The number of piperidine rings is 1. The van der Waals surface area contributed by atoms with Crippen molar-refractivity contribution in [2.24, 2.45) is 11.8 Å². The van der Waals surface area contributed by atoms with E-state index in [0.29, 0.717) is 39.1 Å². The first-order valence-electron chi connectivity index (χ1n) is 16.6. The van der Waals surface area contributed by atoms with E-state index >= 15 is 0 Å². The van der Waals surface area contributed by atoms with Gasteiger partial charge in [0.15, 0.2) is 0 Å². The standard InChI is InChI=1S/C36H50N4O6/c1-36(2,3)46-34(43)30-21-27(23-39-32(30)33(42)40-20-17-29(24-40)28-15-9-5-10-16-28)22-31(41)37-18-11-6-12-19-38-35(44)45-25-26-13-7-4-8-14-26/h4-5,7-10,13-16,27,29-30,32,39H,6,11-12,17-25H2,1-3H3,(H,37,41)(H,38,44)/t27?,29?,30-,32-/m0/s1. The molecule has 10 nitrogen and oxygen atoms in total. The maximum absolute atomic E-state index is 13.7. The summed E-state index contributed by atoms with van der Waals surface area (Å²) in [6.07, 6.45) is 3.53. The number of benzene rings is 2. The van der Waals surface area contributed by atoms with Crippen LogP contribution in [0.3, 0.4) is 0 Å². The summed E-state index contributed by atoms with van der Waals surface area (Å²) in [6, 6.07) is 19.1. The first kappa shape index (κ1) is 34.9. The second-order valence-electron chi connectivity index (χ2n) is 13.4. The average molecular weight is 635 g/mol. The van der Waals surface area contributed by atoms with E-state index in [1.54, 1.807) is 0 Å². The molecule has 46 heavy (non-hydrogen) atoms. The summed E-state index contributed by atoms with van der Waals surface area (Å²) in [4.78, 5) is 53.5. The van der Waals surface area contributed by atoms with E-state index in [2.05, 4.69) is 28.1 Å². The van der Waals surface area contributed by atoms with E-state index in [1.807, 2.05) is 74.2 Å². The van der Waals surface area contributed by atoms with Crippen LogP contribution in [0.2, 0.25) is 0 Å². The molecule has 2 aromatic carbocycles. The molecule has 3 amide bonds. The zero-order valence-electron chi connectivity index (χ0n) is 27.5. The Labute approximate surface area is 273 Å². The number of likely N-dealkylation sites (tertiary alicyclic amines) is 1. The minimum Gasteiger partial charge on any atom is -0.460 e. The summed E-state index contributed by atoms with van der Waals surface area (Å²) < 4.78 is 10.9. The second kappa shape index (κ2) is 17.1. The van der Waals surface area contributed by atoms with Crippen molar-refractivity contribution in [2.45, 2.75) is 83.5 Å². The highest BCUT2D eigenvalue weighted by molar-refractivity contribution is 5.89. The Balaban J connectivity index is 1.17. The SMILES string of the molecule is CC(C)(C)OC(=O)[C@H]1CC(CC(=O)NCCCCCNC(=O)OCc2ccccc2)CN[C@@H]1C(=O)N1CCC(c2ccccc2)C1. The normalized spacial score (nSPS) is 21.3. The molecule has 0 aromatic heterocycles. The van der Waals surface area contributed by atoms with Crippen molar-refractivity contribution in [1.29, 1.82) is 0 Å². The van der Waals surface area contributed by atoms with Gasteiger partial charge in [0.1, 0.15) is 18.2 Å². The molecule has 4 atom stereocenters. The second-order valence-corrected chi connectivity index (χ2v) is 13.4. The summed E-state index contributed by atoms with van der Waals surface area (Å²) in [5, 5.41) is 9.06. The number of hydrogen-bond acceptors (Lipinski definition) is 7. The number of carbonyl (C=O) groups is 4. The molecule has 0 spiro atoms. The van der Waals surface area contributed by atoms with E-state index in [-0.39, 0.29) is 36.7 Å².